The third-order valence-electron chi connectivity index (χ3n) is 5.57. The van der Waals surface area contributed by atoms with Crippen LogP contribution >= 0.6 is 0 Å². The predicted octanol–water partition coefficient (Wildman–Crippen LogP) is 1.55. The van der Waals surface area contributed by atoms with Gasteiger partial charge in [-0.05, 0) is 56.1 Å². The third kappa shape index (κ3) is 1.62. The molecule has 0 spiro atoms. The van der Waals surface area contributed by atoms with E-state index < -0.39 is 17.7 Å². The number of carbonyl (C=O) groups is 1. The smallest absolute Gasteiger partial charge is 0.338 e. The predicted molar refractivity (Wildman–Crippen MR) is 69.3 cm³/mol. The van der Waals surface area contributed by atoms with E-state index in [0.717, 1.165) is 36.8 Å². The van der Waals surface area contributed by atoms with Gasteiger partial charge < -0.3 is 14.9 Å². The average Bonchev–Trinajstić information content (AvgIpc) is 2.55. The molecule has 4 heteroatoms. The van der Waals surface area contributed by atoms with Gasteiger partial charge in [0.25, 0.3) is 0 Å². The van der Waals surface area contributed by atoms with Crippen LogP contribution in [-0.2, 0) is 9.53 Å². The zero-order chi connectivity index (χ0) is 14.0. The van der Waals surface area contributed by atoms with Crippen LogP contribution in [0, 0.1) is 11.3 Å². The van der Waals surface area contributed by atoms with Crippen LogP contribution in [0.1, 0.15) is 46.5 Å². The standard InChI is InChI=1S/C15H22O4/c1-8-10(16)5-7-14(2)6-4-9-12(11(8)14)19-13(17)15(9,3)18/h9-10,12,16,18H,4-7H2,1-3H3/t9-,10-,12+,14+,15-/m1/s1. The highest BCUT2D eigenvalue weighted by Gasteiger charge is 2.60. The molecule has 3 rings (SSSR count). The maximum atomic E-state index is 11.9. The zero-order valence-corrected chi connectivity index (χ0v) is 11.8. The first-order valence-electron chi connectivity index (χ1n) is 7.10. The van der Waals surface area contributed by atoms with E-state index in [-0.39, 0.29) is 17.4 Å². The van der Waals surface area contributed by atoms with Crippen LogP contribution in [0.3, 0.4) is 0 Å². The number of fused-ring (bicyclic) bond motifs is 3. The van der Waals surface area contributed by atoms with Crippen molar-refractivity contribution in [3.05, 3.63) is 11.1 Å². The fourth-order valence-corrected chi connectivity index (χ4v) is 4.22. The molecule has 0 aromatic heterocycles. The molecule has 3 aliphatic rings. The highest BCUT2D eigenvalue weighted by molar-refractivity contribution is 5.82. The quantitative estimate of drug-likeness (QED) is 0.515. The highest BCUT2D eigenvalue weighted by Crippen LogP contribution is 2.56. The molecule has 1 heterocycles. The van der Waals surface area contributed by atoms with Crippen molar-refractivity contribution >= 4 is 5.97 Å². The molecule has 0 amide bonds. The van der Waals surface area contributed by atoms with Crippen LogP contribution < -0.4 is 0 Å². The number of carbonyl (C=O) groups excluding carboxylic acids is 1. The van der Waals surface area contributed by atoms with Crippen LogP contribution in [0.4, 0.5) is 0 Å². The normalized spacial score (nSPS) is 49.7. The monoisotopic (exact) mass is 266 g/mol. The van der Waals surface area contributed by atoms with Gasteiger partial charge >= 0.3 is 5.97 Å². The van der Waals surface area contributed by atoms with E-state index in [1.807, 2.05) is 6.92 Å². The fourth-order valence-electron chi connectivity index (χ4n) is 4.22. The average molecular weight is 266 g/mol. The number of aliphatic hydroxyl groups is 2. The lowest BCUT2D eigenvalue weighted by Crippen LogP contribution is -2.46. The topological polar surface area (TPSA) is 66.8 Å². The molecule has 0 bridgehead atoms. The van der Waals surface area contributed by atoms with Gasteiger partial charge in [-0.2, -0.15) is 0 Å². The van der Waals surface area contributed by atoms with E-state index in [1.54, 1.807) is 6.92 Å². The molecule has 2 N–H and O–H groups in total. The summed E-state index contributed by atoms with van der Waals surface area (Å²) in [5, 5.41) is 20.4. The van der Waals surface area contributed by atoms with Gasteiger partial charge in [-0.25, -0.2) is 4.79 Å². The van der Waals surface area contributed by atoms with Crippen LogP contribution in [0.25, 0.3) is 0 Å². The Balaban J connectivity index is 2.08. The molecule has 4 nitrogen and oxygen atoms in total. The molecule has 0 aromatic carbocycles. The fraction of sp³-hybridized carbons (Fsp3) is 0.800. The Hall–Kier alpha value is -0.870. The minimum Gasteiger partial charge on any atom is -0.455 e. The van der Waals surface area contributed by atoms with Gasteiger partial charge in [0.15, 0.2) is 5.60 Å². The van der Waals surface area contributed by atoms with Crippen LogP contribution in [0.2, 0.25) is 0 Å². The van der Waals surface area contributed by atoms with Crippen molar-refractivity contribution in [3.8, 4) is 0 Å². The summed E-state index contributed by atoms with van der Waals surface area (Å²) in [4.78, 5) is 11.9. The number of hydrogen-bond donors (Lipinski definition) is 2. The van der Waals surface area contributed by atoms with Crippen LogP contribution in [-0.4, -0.2) is 34.0 Å². The van der Waals surface area contributed by atoms with E-state index in [2.05, 4.69) is 6.92 Å². The van der Waals surface area contributed by atoms with E-state index in [1.165, 1.54) is 0 Å². The highest BCUT2D eigenvalue weighted by atomic mass is 16.6. The molecule has 5 atom stereocenters. The minimum absolute atomic E-state index is 0.00514. The maximum absolute atomic E-state index is 11.9. The van der Waals surface area contributed by atoms with E-state index in [4.69, 9.17) is 4.74 Å². The summed E-state index contributed by atoms with van der Waals surface area (Å²) >= 11 is 0. The van der Waals surface area contributed by atoms with Gasteiger partial charge in [0, 0.05) is 5.92 Å². The number of esters is 1. The molecule has 1 aliphatic heterocycles. The molecule has 1 saturated carbocycles. The minimum atomic E-state index is -1.39. The maximum Gasteiger partial charge on any atom is 0.338 e. The number of aliphatic hydroxyl groups excluding tert-OH is 1. The first kappa shape index (κ1) is 13.1. The van der Waals surface area contributed by atoms with Crippen molar-refractivity contribution in [2.24, 2.45) is 11.3 Å². The Labute approximate surface area is 113 Å². The SMILES string of the molecule is CC1=C2[C@H]3OC(=O)[C@](C)(O)[C@@H]3CC[C@@]2(C)CC[C@H]1O. The molecule has 0 unspecified atom stereocenters. The van der Waals surface area contributed by atoms with E-state index >= 15 is 0 Å². The molecule has 0 aromatic rings. The second-order valence-corrected chi connectivity index (χ2v) is 6.83. The molecule has 0 radical (unpaired) electrons. The van der Waals surface area contributed by atoms with Crippen molar-refractivity contribution in [3.63, 3.8) is 0 Å². The largest absolute Gasteiger partial charge is 0.455 e. The number of rotatable bonds is 0. The molecule has 19 heavy (non-hydrogen) atoms. The summed E-state index contributed by atoms with van der Waals surface area (Å²) in [6, 6.07) is 0. The van der Waals surface area contributed by atoms with Crippen molar-refractivity contribution in [2.45, 2.75) is 64.3 Å². The summed E-state index contributed by atoms with van der Waals surface area (Å²) in [5.74, 6) is -0.699. The Morgan fingerprint density at radius 3 is 2.58 bits per heavy atom. The molecular weight excluding hydrogens is 244 g/mol. The van der Waals surface area contributed by atoms with Crippen molar-refractivity contribution in [1.82, 2.24) is 0 Å². The van der Waals surface area contributed by atoms with Gasteiger partial charge in [-0.3, -0.25) is 0 Å². The summed E-state index contributed by atoms with van der Waals surface area (Å²) in [6.45, 7) is 5.67. The Morgan fingerprint density at radius 1 is 1.26 bits per heavy atom. The third-order valence-corrected chi connectivity index (χ3v) is 5.57. The van der Waals surface area contributed by atoms with Gasteiger partial charge in [-0.15, -0.1) is 0 Å². The van der Waals surface area contributed by atoms with Gasteiger partial charge in [0.2, 0.25) is 0 Å². The van der Waals surface area contributed by atoms with Crippen molar-refractivity contribution in [2.75, 3.05) is 0 Å². The summed E-state index contributed by atoms with van der Waals surface area (Å²) < 4.78 is 5.48. The second-order valence-electron chi connectivity index (χ2n) is 6.83. The lowest BCUT2D eigenvalue weighted by molar-refractivity contribution is -0.153. The Kier molecular flexibility index (Phi) is 2.64. The first-order chi connectivity index (χ1) is 8.77. The summed E-state index contributed by atoms with van der Waals surface area (Å²) in [5.41, 5.74) is 0.620. The molecule has 2 fully saturated rings. The van der Waals surface area contributed by atoms with Gasteiger partial charge in [0.05, 0.1) is 6.10 Å². The van der Waals surface area contributed by atoms with E-state index in [0.29, 0.717) is 0 Å². The summed E-state index contributed by atoms with van der Waals surface area (Å²) in [6.07, 6.45) is 2.65. The van der Waals surface area contributed by atoms with Gasteiger partial charge in [-0.1, -0.05) is 6.92 Å². The molecule has 2 aliphatic carbocycles. The van der Waals surface area contributed by atoms with Gasteiger partial charge in [0.1, 0.15) is 6.10 Å². The molecule has 1 saturated heterocycles. The van der Waals surface area contributed by atoms with E-state index in [9.17, 15) is 15.0 Å². The summed E-state index contributed by atoms with van der Waals surface area (Å²) in [7, 11) is 0. The Bertz CT molecular complexity index is 465. The number of hydrogen-bond acceptors (Lipinski definition) is 4. The Morgan fingerprint density at radius 2 is 1.89 bits per heavy atom. The molecular formula is C15H22O4. The van der Waals surface area contributed by atoms with Crippen LogP contribution in [0.15, 0.2) is 11.1 Å². The number of ether oxygens (including phenoxy) is 1. The van der Waals surface area contributed by atoms with Crippen molar-refractivity contribution < 1.29 is 19.7 Å². The van der Waals surface area contributed by atoms with Crippen LogP contribution in [0.5, 0.6) is 0 Å². The zero-order valence-electron chi connectivity index (χ0n) is 11.8. The first-order valence-corrected chi connectivity index (χ1v) is 7.10. The lowest BCUT2D eigenvalue weighted by Gasteiger charge is -2.47. The lowest BCUT2D eigenvalue weighted by atomic mass is 9.58. The second kappa shape index (κ2) is 3.83. The molecule has 106 valence electrons. The van der Waals surface area contributed by atoms with Crippen molar-refractivity contribution in [1.29, 1.82) is 0 Å².